The van der Waals surface area contributed by atoms with Crippen LogP contribution in [0.4, 0.5) is 14.7 Å². The number of sulfone groups is 1. The molecular weight excluding hydrogens is 378 g/mol. The minimum Gasteiger partial charge on any atom is -0.368 e. The van der Waals surface area contributed by atoms with Gasteiger partial charge in [-0.2, -0.15) is 9.67 Å². The number of nitrogen functional groups attached to an aromatic ring is 1. The number of carbonyl (C=O) groups is 1. The number of nitrogens with zero attached hydrogens (tertiary/aromatic N) is 3. The van der Waals surface area contributed by atoms with Gasteiger partial charge in [0, 0.05) is 12.7 Å². The molecule has 0 aliphatic heterocycles. The first-order valence-electron chi connectivity index (χ1n) is 7.66. The molecule has 3 aromatic rings. The Bertz CT molecular complexity index is 1110. The molecule has 0 bridgehead atoms. The van der Waals surface area contributed by atoms with E-state index >= 15 is 0 Å². The Morgan fingerprint density at radius 3 is 2.26 bits per heavy atom. The summed E-state index contributed by atoms with van der Waals surface area (Å²) in [6, 6.07) is 9.06. The van der Waals surface area contributed by atoms with Crippen molar-refractivity contribution in [3.8, 4) is 0 Å². The highest BCUT2D eigenvalue weighted by atomic mass is 32.2. The summed E-state index contributed by atoms with van der Waals surface area (Å²) in [4.78, 5) is 16.5. The van der Waals surface area contributed by atoms with E-state index in [1.807, 2.05) is 0 Å². The fraction of sp³-hybridized carbons (Fsp3) is 0.118. The lowest BCUT2D eigenvalue weighted by Crippen LogP contribution is -2.19. The van der Waals surface area contributed by atoms with Crippen molar-refractivity contribution in [2.45, 2.75) is 11.3 Å². The number of rotatable bonds is 4. The van der Waals surface area contributed by atoms with Crippen molar-refractivity contribution in [2.75, 3.05) is 12.0 Å². The average Bonchev–Trinajstić information content (AvgIpc) is 2.94. The molecule has 1 heterocycles. The summed E-state index contributed by atoms with van der Waals surface area (Å²) in [6.45, 7) is 0. The maximum absolute atomic E-state index is 13.8. The second kappa shape index (κ2) is 6.88. The number of halogens is 2. The molecule has 0 fully saturated rings. The van der Waals surface area contributed by atoms with Crippen LogP contribution in [0.25, 0.3) is 0 Å². The molecule has 3 rings (SSSR count). The molecule has 7 nitrogen and oxygen atoms in total. The third-order valence-electron chi connectivity index (χ3n) is 3.76. The molecule has 2 N–H and O–H groups in total. The number of hydrogen-bond acceptors (Lipinski definition) is 6. The van der Waals surface area contributed by atoms with Gasteiger partial charge in [0.25, 0.3) is 5.91 Å². The Hall–Kier alpha value is -3.14. The maximum atomic E-state index is 13.8. The van der Waals surface area contributed by atoms with Gasteiger partial charge in [0.1, 0.15) is 17.2 Å². The Balaban J connectivity index is 1.88. The lowest BCUT2D eigenvalue weighted by atomic mass is 10.1. The third kappa shape index (κ3) is 3.85. The fourth-order valence-electron chi connectivity index (χ4n) is 2.44. The highest BCUT2D eigenvalue weighted by molar-refractivity contribution is 7.90. The van der Waals surface area contributed by atoms with E-state index in [9.17, 15) is 22.0 Å². The zero-order valence-corrected chi connectivity index (χ0v) is 14.9. The molecular formula is C17H14F2N4O3S. The summed E-state index contributed by atoms with van der Waals surface area (Å²) in [7, 11) is -3.32. The average molecular weight is 392 g/mol. The van der Waals surface area contributed by atoms with E-state index in [-0.39, 0.29) is 23.1 Å². The van der Waals surface area contributed by atoms with Gasteiger partial charge in [0.05, 0.1) is 4.90 Å². The van der Waals surface area contributed by atoms with Crippen molar-refractivity contribution < 1.29 is 22.0 Å². The Morgan fingerprint density at radius 2 is 1.70 bits per heavy atom. The molecule has 10 heteroatoms. The minimum atomic E-state index is -3.32. The van der Waals surface area contributed by atoms with Crippen molar-refractivity contribution >= 4 is 21.7 Å². The molecule has 2 aromatic carbocycles. The van der Waals surface area contributed by atoms with Gasteiger partial charge in [0.15, 0.2) is 15.7 Å². The van der Waals surface area contributed by atoms with Gasteiger partial charge in [-0.1, -0.05) is 18.2 Å². The lowest BCUT2D eigenvalue weighted by Gasteiger charge is -2.04. The van der Waals surface area contributed by atoms with E-state index in [0.29, 0.717) is 10.2 Å². The van der Waals surface area contributed by atoms with Gasteiger partial charge in [-0.05, 0) is 29.8 Å². The third-order valence-corrected chi connectivity index (χ3v) is 4.89. The van der Waals surface area contributed by atoms with Crippen molar-refractivity contribution in [2.24, 2.45) is 0 Å². The van der Waals surface area contributed by atoms with Gasteiger partial charge in [0.2, 0.25) is 5.95 Å². The topological polar surface area (TPSA) is 108 Å². The van der Waals surface area contributed by atoms with Crippen LogP contribution >= 0.6 is 0 Å². The van der Waals surface area contributed by atoms with Crippen LogP contribution in [0.2, 0.25) is 0 Å². The summed E-state index contributed by atoms with van der Waals surface area (Å²) in [5.41, 5.74) is 5.55. The number of benzene rings is 2. The van der Waals surface area contributed by atoms with Gasteiger partial charge < -0.3 is 5.73 Å². The smallest absolute Gasteiger partial charge is 0.287 e. The van der Waals surface area contributed by atoms with Crippen LogP contribution in [-0.2, 0) is 16.3 Å². The molecule has 140 valence electrons. The highest BCUT2D eigenvalue weighted by Gasteiger charge is 2.22. The van der Waals surface area contributed by atoms with Crippen LogP contribution in [0.3, 0.4) is 0 Å². The van der Waals surface area contributed by atoms with Gasteiger partial charge >= 0.3 is 0 Å². The van der Waals surface area contributed by atoms with E-state index in [0.717, 1.165) is 24.5 Å². The molecule has 0 radical (unpaired) electrons. The van der Waals surface area contributed by atoms with Crippen LogP contribution in [0.5, 0.6) is 0 Å². The van der Waals surface area contributed by atoms with Crippen LogP contribution in [0.1, 0.15) is 21.7 Å². The molecule has 27 heavy (non-hydrogen) atoms. The molecule has 0 atom stereocenters. The molecule has 0 aliphatic rings. The number of nitrogens with two attached hydrogens (primary N) is 1. The van der Waals surface area contributed by atoms with Crippen molar-refractivity contribution in [1.29, 1.82) is 0 Å². The Morgan fingerprint density at radius 1 is 1.11 bits per heavy atom. The molecule has 0 spiro atoms. The summed E-state index contributed by atoms with van der Waals surface area (Å²) in [6.07, 6.45) is 1.24. The Kier molecular flexibility index (Phi) is 4.75. The van der Waals surface area contributed by atoms with Gasteiger partial charge in [-0.25, -0.2) is 17.2 Å². The molecule has 1 aromatic heterocycles. The summed E-state index contributed by atoms with van der Waals surface area (Å²) in [5.74, 6) is -3.31. The molecule has 0 saturated heterocycles. The van der Waals surface area contributed by atoms with Gasteiger partial charge in [-0.15, -0.1) is 5.10 Å². The Labute approximate surface area is 153 Å². The molecule has 0 aliphatic carbocycles. The largest absolute Gasteiger partial charge is 0.368 e. The maximum Gasteiger partial charge on any atom is 0.287 e. The predicted octanol–water partition coefficient (Wildman–Crippen LogP) is 1.82. The quantitative estimate of drug-likeness (QED) is 0.726. The van der Waals surface area contributed by atoms with Crippen molar-refractivity contribution in [3.63, 3.8) is 0 Å². The van der Waals surface area contributed by atoms with E-state index in [1.165, 1.54) is 12.1 Å². The summed E-state index contributed by atoms with van der Waals surface area (Å²) < 4.78 is 51.2. The lowest BCUT2D eigenvalue weighted by molar-refractivity contribution is 0.0939. The van der Waals surface area contributed by atoms with E-state index in [1.54, 1.807) is 12.1 Å². The number of carbonyl (C=O) groups excluding carboxylic acids is 1. The monoisotopic (exact) mass is 392 g/mol. The van der Waals surface area contributed by atoms with Crippen LogP contribution < -0.4 is 5.73 Å². The second-order valence-corrected chi connectivity index (χ2v) is 7.81. The predicted molar refractivity (Wildman–Crippen MR) is 92.9 cm³/mol. The zero-order chi connectivity index (χ0) is 19.8. The molecule has 0 amide bonds. The second-order valence-electron chi connectivity index (χ2n) is 5.79. The van der Waals surface area contributed by atoms with Gasteiger partial charge in [-0.3, -0.25) is 4.79 Å². The van der Waals surface area contributed by atoms with Crippen molar-refractivity contribution in [3.05, 3.63) is 71.1 Å². The fourth-order valence-corrected chi connectivity index (χ4v) is 3.07. The van der Waals surface area contributed by atoms with E-state index in [2.05, 4.69) is 10.1 Å². The summed E-state index contributed by atoms with van der Waals surface area (Å²) >= 11 is 0. The first-order chi connectivity index (χ1) is 12.7. The molecule has 0 unspecified atom stereocenters. The zero-order valence-electron chi connectivity index (χ0n) is 14.1. The number of anilines is 1. The summed E-state index contributed by atoms with van der Waals surface area (Å²) in [5, 5.41) is 3.91. The SMILES string of the molecule is CS(=O)(=O)c1ccc(Cc2nc(N)n(C(=O)c3c(F)cccc3F)n2)cc1. The van der Waals surface area contributed by atoms with E-state index < -0.39 is 32.9 Å². The first kappa shape index (κ1) is 18.6. The highest BCUT2D eigenvalue weighted by Crippen LogP contribution is 2.17. The van der Waals surface area contributed by atoms with Crippen LogP contribution in [-0.4, -0.2) is 35.3 Å². The number of hydrogen-bond donors (Lipinski definition) is 1. The van der Waals surface area contributed by atoms with E-state index in [4.69, 9.17) is 5.73 Å². The van der Waals surface area contributed by atoms with Crippen LogP contribution in [0, 0.1) is 11.6 Å². The standard InChI is InChI=1S/C17H14F2N4O3S/c1-27(25,26)11-7-5-10(6-8-11)9-14-21-17(20)23(22-14)16(24)15-12(18)3-2-4-13(15)19/h2-8H,9H2,1H3,(H2,20,21,22). The first-order valence-corrected chi connectivity index (χ1v) is 9.55. The normalized spacial score (nSPS) is 11.5. The van der Waals surface area contributed by atoms with Crippen molar-refractivity contribution in [1.82, 2.24) is 14.8 Å². The number of aromatic nitrogens is 3. The van der Waals surface area contributed by atoms with Crippen LogP contribution in [0.15, 0.2) is 47.4 Å². The molecule has 0 saturated carbocycles. The minimum absolute atomic E-state index is 0.143.